The van der Waals surface area contributed by atoms with Crippen LogP contribution in [0.15, 0.2) is 0 Å². The normalized spacial score (nSPS) is 19.7. The van der Waals surface area contributed by atoms with Crippen molar-refractivity contribution in [2.24, 2.45) is 17.1 Å². The SMILES string of the molecule is CCCC(CCN)CCCNCC1(CC)CCCC1. The molecule has 0 heterocycles. The first-order chi connectivity index (χ1) is 9.26. The van der Waals surface area contributed by atoms with Crippen LogP contribution < -0.4 is 11.1 Å². The number of hydrogen-bond acceptors (Lipinski definition) is 2. The van der Waals surface area contributed by atoms with Crippen LogP contribution in [0.2, 0.25) is 0 Å². The maximum atomic E-state index is 5.69. The van der Waals surface area contributed by atoms with Gasteiger partial charge in [-0.1, -0.05) is 39.5 Å². The fourth-order valence-corrected chi connectivity index (χ4v) is 3.73. The summed E-state index contributed by atoms with van der Waals surface area (Å²) in [5.41, 5.74) is 6.33. The third-order valence-corrected chi connectivity index (χ3v) is 5.15. The Morgan fingerprint density at radius 2 is 1.84 bits per heavy atom. The summed E-state index contributed by atoms with van der Waals surface area (Å²) < 4.78 is 0. The van der Waals surface area contributed by atoms with E-state index in [2.05, 4.69) is 19.2 Å². The van der Waals surface area contributed by atoms with Gasteiger partial charge in [0.1, 0.15) is 0 Å². The van der Waals surface area contributed by atoms with Crippen LogP contribution >= 0.6 is 0 Å². The Labute approximate surface area is 120 Å². The molecule has 0 saturated heterocycles. The molecule has 3 N–H and O–H groups in total. The topological polar surface area (TPSA) is 38.0 Å². The third kappa shape index (κ3) is 6.27. The molecule has 1 rings (SSSR count). The summed E-state index contributed by atoms with van der Waals surface area (Å²) in [4.78, 5) is 0. The molecule has 1 atom stereocenters. The first kappa shape index (κ1) is 17.0. The number of rotatable bonds is 11. The zero-order valence-electron chi connectivity index (χ0n) is 13.3. The van der Waals surface area contributed by atoms with Crippen LogP contribution in [-0.4, -0.2) is 19.6 Å². The molecular formula is C17H36N2. The summed E-state index contributed by atoms with van der Waals surface area (Å²) in [7, 11) is 0. The highest BCUT2D eigenvalue weighted by Crippen LogP contribution is 2.40. The van der Waals surface area contributed by atoms with E-state index in [9.17, 15) is 0 Å². The molecule has 0 aromatic heterocycles. The summed E-state index contributed by atoms with van der Waals surface area (Å²) in [6, 6.07) is 0. The van der Waals surface area contributed by atoms with E-state index in [0.717, 1.165) is 12.5 Å². The van der Waals surface area contributed by atoms with E-state index in [0.29, 0.717) is 5.41 Å². The Morgan fingerprint density at radius 1 is 1.11 bits per heavy atom. The summed E-state index contributed by atoms with van der Waals surface area (Å²) in [6.45, 7) is 7.96. The van der Waals surface area contributed by atoms with Crippen LogP contribution in [0.1, 0.15) is 78.1 Å². The zero-order chi connectivity index (χ0) is 14.0. The first-order valence-corrected chi connectivity index (χ1v) is 8.67. The van der Waals surface area contributed by atoms with E-state index in [1.165, 1.54) is 77.3 Å². The Hall–Kier alpha value is -0.0800. The van der Waals surface area contributed by atoms with Crippen molar-refractivity contribution in [2.45, 2.75) is 78.1 Å². The minimum absolute atomic E-state index is 0.639. The van der Waals surface area contributed by atoms with Gasteiger partial charge in [0.15, 0.2) is 0 Å². The van der Waals surface area contributed by atoms with E-state index in [1.807, 2.05) is 0 Å². The summed E-state index contributed by atoms with van der Waals surface area (Å²) >= 11 is 0. The Balaban J connectivity index is 2.09. The van der Waals surface area contributed by atoms with Gasteiger partial charge in [0, 0.05) is 6.54 Å². The highest BCUT2D eigenvalue weighted by Gasteiger charge is 2.31. The van der Waals surface area contributed by atoms with Crippen molar-refractivity contribution in [3.8, 4) is 0 Å². The molecule has 0 aromatic rings. The van der Waals surface area contributed by atoms with Crippen molar-refractivity contribution in [1.82, 2.24) is 5.32 Å². The van der Waals surface area contributed by atoms with Crippen molar-refractivity contribution in [1.29, 1.82) is 0 Å². The maximum Gasteiger partial charge on any atom is 0.000770 e. The molecule has 0 aromatic carbocycles. The van der Waals surface area contributed by atoms with Gasteiger partial charge in [-0.2, -0.15) is 0 Å². The molecule has 0 aliphatic heterocycles. The maximum absolute atomic E-state index is 5.69. The number of nitrogens with one attached hydrogen (secondary N) is 1. The van der Waals surface area contributed by atoms with Crippen molar-refractivity contribution in [3.63, 3.8) is 0 Å². The molecule has 2 nitrogen and oxygen atoms in total. The fraction of sp³-hybridized carbons (Fsp3) is 1.00. The van der Waals surface area contributed by atoms with Crippen LogP contribution in [0.5, 0.6) is 0 Å². The molecule has 2 heteroatoms. The molecule has 1 unspecified atom stereocenters. The van der Waals surface area contributed by atoms with Gasteiger partial charge in [0.2, 0.25) is 0 Å². The standard InChI is InChI=1S/C17H36N2/c1-3-8-16(10-13-18)9-7-14-19-15-17(4-2)11-5-6-12-17/h16,19H,3-15,18H2,1-2H3. The largest absolute Gasteiger partial charge is 0.330 e. The minimum atomic E-state index is 0.639. The molecule has 1 aliphatic carbocycles. The second kappa shape index (κ2) is 9.77. The first-order valence-electron chi connectivity index (χ1n) is 8.67. The molecule has 1 saturated carbocycles. The molecule has 1 fully saturated rings. The molecule has 0 spiro atoms. The molecule has 0 bridgehead atoms. The van der Waals surface area contributed by atoms with Gasteiger partial charge in [-0.25, -0.2) is 0 Å². The number of nitrogens with two attached hydrogens (primary N) is 1. The lowest BCUT2D eigenvalue weighted by molar-refractivity contribution is 0.266. The van der Waals surface area contributed by atoms with Crippen LogP contribution in [-0.2, 0) is 0 Å². The summed E-state index contributed by atoms with van der Waals surface area (Å²) in [5, 5.41) is 3.73. The van der Waals surface area contributed by atoms with Crippen LogP contribution in [0, 0.1) is 11.3 Å². The quantitative estimate of drug-likeness (QED) is 0.554. The van der Waals surface area contributed by atoms with Gasteiger partial charge in [0.25, 0.3) is 0 Å². The van der Waals surface area contributed by atoms with Gasteiger partial charge in [-0.15, -0.1) is 0 Å². The van der Waals surface area contributed by atoms with Gasteiger partial charge in [-0.05, 0) is 62.9 Å². The van der Waals surface area contributed by atoms with Gasteiger partial charge < -0.3 is 11.1 Å². The van der Waals surface area contributed by atoms with Crippen LogP contribution in [0.3, 0.4) is 0 Å². The lowest BCUT2D eigenvalue weighted by Crippen LogP contribution is -2.32. The van der Waals surface area contributed by atoms with Crippen molar-refractivity contribution >= 4 is 0 Å². The predicted molar refractivity (Wildman–Crippen MR) is 85.4 cm³/mol. The summed E-state index contributed by atoms with van der Waals surface area (Å²) in [5.74, 6) is 0.864. The highest BCUT2D eigenvalue weighted by molar-refractivity contribution is 4.85. The molecule has 114 valence electrons. The molecule has 0 amide bonds. The lowest BCUT2D eigenvalue weighted by atomic mass is 9.83. The average molecular weight is 268 g/mol. The number of hydrogen-bond donors (Lipinski definition) is 2. The lowest BCUT2D eigenvalue weighted by Gasteiger charge is -2.28. The fourth-order valence-electron chi connectivity index (χ4n) is 3.73. The van der Waals surface area contributed by atoms with Crippen molar-refractivity contribution < 1.29 is 0 Å². The predicted octanol–water partition coefficient (Wildman–Crippen LogP) is 4.09. The minimum Gasteiger partial charge on any atom is -0.330 e. The van der Waals surface area contributed by atoms with E-state index in [1.54, 1.807) is 0 Å². The van der Waals surface area contributed by atoms with E-state index in [4.69, 9.17) is 5.73 Å². The third-order valence-electron chi connectivity index (χ3n) is 5.15. The zero-order valence-corrected chi connectivity index (χ0v) is 13.3. The Kier molecular flexibility index (Phi) is 8.72. The average Bonchev–Trinajstić information content (AvgIpc) is 2.88. The van der Waals surface area contributed by atoms with Gasteiger partial charge in [0.05, 0.1) is 0 Å². The molecule has 19 heavy (non-hydrogen) atoms. The van der Waals surface area contributed by atoms with E-state index >= 15 is 0 Å². The Bertz CT molecular complexity index is 203. The van der Waals surface area contributed by atoms with Crippen molar-refractivity contribution in [2.75, 3.05) is 19.6 Å². The smallest absolute Gasteiger partial charge is 0.000770 e. The summed E-state index contributed by atoms with van der Waals surface area (Å²) in [6.07, 6.45) is 13.7. The van der Waals surface area contributed by atoms with Gasteiger partial charge in [-0.3, -0.25) is 0 Å². The van der Waals surface area contributed by atoms with E-state index in [-0.39, 0.29) is 0 Å². The Morgan fingerprint density at radius 3 is 2.42 bits per heavy atom. The molecule has 1 aliphatic rings. The highest BCUT2D eigenvalue weighted by atomic mass is 14.9. The van der Waals surface area contributed by atoms with Crippen LogP contribution in [0.4, 0.5) is 0 Å². The van der Waals surface area contributed by atoms with Gasteiger partial charge >= 0.3 is 0 Å². The monoisotopic (exact) mass is 268 g/mol. The molecular weight excluding hydrogens is 232 g/mol. The molecule has 0 radical (unpaired) electrons. The van der Waals surface area contributed by atoms with E-state index < -0.39 is 0 Å². The second-order valence-corrected chi connectivity index (χ2v) is 6.61. The van der Waals surface area contributed by atoms with Crippen LogP contribution in [0.25, 0.3) is 0 Å². The van der Waals surface area contributed by atoms with Crippen molar-refractivity contribution in [3.05, 3.63) is 0 Å². The second-order valence-electron chi connectivity index (χ2n) is 6.61.